The van der Waals surface area contributed by atoms with Gasteiger partial charge >= 0.3 is 0 Å². The first kappa shape index (κ1) is 9.67. The van der Waals surface area contributed by atoms with E-state index in [1.165, 1.54) is 0 Å². The molecule has 1 heterocycles. The van der Waals surface area contributed by atoms with Crippen molar-refractivity contribution >= 4 is 27.5 Å². The first-order valence-corrected chi connectivity index (χ1v) is 4.02. The van der Waals surface area contributed by atoms with Crippen molar-refractivity contribution in [2.45, 2.75) is 6.43 Å². The summed E-state index contributed by atoms with van der Waals surface area (Å²) in [6, 6.07) is 0. The van der Waals surface area contributed by atoms with E-state index in [2.05, 4.69) is 20.9 Å². The zero-order valence-electron chi connectivity index (χ0n) is 5.56. The topological polar surface area (TPSA) is 33.1 Å². The number of hydrogen-bond acceptors (Lipinski definition) is 2. The van der Waals surface area contributed by atoms with Crippen molar-refractivity contribution in [3.05, 3.63) is 21.4 Å². The molecule has 0 aliphatic rings. The van der Waals surface area contributed by atoms with Crippen molar-refractivity contribution in [1.29, 1.82) is 0 Å². The molecule has 0 saturated carbocycles. The van der Waals surface area contributed by atoms with Crippen molar-refractivity contribution in [3.63, 3.8) is 0 Å². The third-order valence-electron chi connectivity index (χ3n) is 1.22. The molecule has 66 valence electrons. The number of rotatable bonds is 1. The van der Waals surface area contributed by atoms with Crippen LogP contribution >= 0.6 is 27.5 Å². The molecule has 0 atom stereocenters. The van der Waals surface area contributed by atoms with Gasteiger partial charge in [0.15, 0.2) is 5.75 Å². The minimum atomic E-state index is -2.81. The van der Waals surface area contributed by atoms with Crippen LogP contribution in [0.3, 0.4) is 0 Å². The van der Waals surface area contributed by atoms with Crippen LogP contribution in [0.1, 0.15) is 12.0 Å². The lowest BCUT2D eigenvalue weighted by molar-refractivity contribution is 0.147. The quantitative estimate of drug-likeness (QED) is 0.785. The van der Waals surface area contributed by atoms with Crippen LogP contribution in [0.5, 0.6) is 5.75 Å². The maximum atomic E-state index is 12.2. The fourth-order valence-electron chi connectivity index (χ4n) is 0.676. The number of aromatic hydroxyl groups is 1. The highest BCUT2D eigenvalue weighted by Crippen LogP contribution is 2.37. The molecule has 1 rings (SSSR count). The van der Waals surface area contributed by atoms with Crippen molar-refractivity contribution in [2.75, 3.05) is 0 Å². The van der Waals surface area contributed by atoms with Crippen LogP contribution < -0.4 is 0 Å². The molecule has 0 amide bonds. The van der Waals surface area contributed by atoms with Gasteiger partial charge < -0.3 is 5.11 Å². The molecule has 6 heteroatoms. The smallest absolute Gasteiger partial charge is 0.269 e. The van der Waals surface area contributed by atoms with E-state index in [-0.39, 0.29) is 9.63 Å². The average Bonchev–Trinajstić information content (AvgIpc) is 1.97. The molecule has 0 saturated heterocycles. The van der Waals surface area contributed by atoms with Gasteiger partial charge in [0.1, 0.15) is 4.60 Å². The molecule has 0 unspecified atom stereocenters. The Bertz CT molecular complexity index is 308. The van der Waals surface area contributed by atoms with Crippen LogP contribution in [0.4, 0.5) is 8.78 Å². The molecular formula is C6H3BrClF2NO. The summed E-state index contributed by atoms with van der Waals surface area (Å²) in [5.41, 5.74) is -0.599. The van der Waals surface area contributed by atoms with Crippen LogP contribution in [0.2, 0.25) is 5.02 Å². The zero-order valence-corrected chi connectivity index (χ0v) is 7.90. The summed E-state index contributed by atoms with van der Waals surface area (Å²) in [6.07, 6.45) is -1.76. The molecule has 2 nitrogen and oxygen atoms in total. The Balaban J connectivity index is 3.33. The van der Waals surface area contributed by atoms with Gasteiger partial charge in [0, 0.05) is 6.20 Å². The lowest BCUT2D eigenvalue weighted by Gasteiger charge is -2.05. The Morgan fingerprint density at radius 3 is 2.58 bits per heavy atom. The minimum absolute atomic E-state index is 0.0396. The first-order valence-electron chi connectivity index (χ1n) is 2.85. The van der Waals surface area contributed by atoms with Gasteiger partial charge in [-0.05, 0) is 15.9 Å². The molecule has 0 aliphatic heterocycles. The number of nitrogens with zero attached hydrogens (tertiary/aromatic N) is 1. The Hall–Kier alpha value is -0.420. The molecule has 0 aliphatic carbocycles. The number of pyridine rings is 1. The van der Waals surface area contributed by atoms with E-state index < -0.39 is 17.7 Å². The Morgan fingerprint density at radius 2 is 2.17 bits per heavy atom. The molecule has 1 aromatic rings. The van der Waals surface area contributed by atoms with Gasteiger partial charge in [-0.3, -0.25) is 0 Å². The second kappa shape index (κ2) is 3.53. The van der Waals surface area contributed by atoms with E-state index in [1.807, 2.05) is 0 Å². The molecule has 0 spiro atoms. The van der Waals surface area contributed by atoms with Gasteiger partial charge in [-0.15, -0.1) is 0 Å². The predicted octanol–water partition coefficient (Wildman–Crippen LogP) is 3.14. The Kier molecular flexibility index (Phi) is 2.85. The summed E-state index contributed by atoms with van der Waals surface area (Å²) < 4.78 is 24.3. The third-order valence-corrected chi connectivity index (χ3v) is 2.10. The lowest BCUT2D eigenvalue weighted by atomic mass is 10.2. The molecule has 0 fully saturated rings. The molecule has 1 aromatic heterocycles. The number of halogens is 4. The summed E-state index contributed by atoms with van der Waals surface area (Å²) in [7, 11) is 0. The van der Waals surface area contributed by atoms with Crippen LogP contribution in [0, 0.1) is 0 Å². The second-order valence-electron chi connectivity index (χ2n) is 1.96. The van der Waals surface area contributed by atoms with Crippen LogP contribution in [0.25, 0.3) is 0 Å². The average molecular weight is 258 g/mol. The highest BCUT2D eigenvalue weighted by atomic mass is 79.9. The second-order valence-corrected chi connectivity index (χ2v) is 3.12. The van der Waals surface area contributed by atoms with E-state index in [9.17, 15) is 8.78 Å². The lowest BCUT2D eigenvalue weighted by Crippen LogP contribution is -1.90. The standard InChI is InChI=1S/C6H3BrClF2NO/c7-5-4(12)3(6(9)10)2(8)1-11-5/h1,6,12H. The van der Waals surface area contributed by atoms with E-state index in [1.54, 1.807) is 0 Å². The summed E-state index contributed by atoms with van der Waals surface area (Å²) >= 11 is 8.17. The number of hydrogen-bond donors (Lipinski definition) is 1. The zero-order chi connectivity index (χ0) is 9.30. The number of aromatic nitrogens is 1. The van der Waals surface area contributed by atoms with Crippen LogP contribution in [0.15, 0.2) is 10.8 Å². The van der Waals surface area contributed by atoms with Crippen LogP contribution in [-0.4, -0.2) is 10.1 Å². The van der Waals surface area contributed by atoms with Gasteiger partial charge in [-0.2, -0.15) is 0 Å². The summed E-state index contributed by atoms with van der Waals surface area (Å²) in [5, 5.41) is 8.83. The predicted molar refractivity (Wildman–Crippen MR) is 43.6 cm³/mol. The first-order chi connectivity index (χ1) is 5.54. The van der Waals surface area contributed by atoms with Crippen molar-refractivity contribution in [3.8, 4) is 5.75 Å². The Labute approximate surface area is 80.3 Å². The summed E-state index contributed by atoms with van der Waals surface area (Å²) in [5.74, 6) is -0.613. The number of alkyl halides is 2. The van der Waals surface area contributed by atoms with Crippen molar-refractivity contribution < 1.29 is 13.9 Å². The molecule has 0 radical (unpaired) electrons. The fourth-order valence-corrected chi connectivity index (χ4v) is 1.21. The highest BCUT2D eigenvalue weighted by molar-refractivity contribution is 9.10. The van der Waals surface area contributed by atoms with Gasteiger partial charge in [0.2, 0.25) is 0 Å². The minimum Gasteiger partial charge on any atom is -0.505 e. The van der Waals surface area contributed by atoms with Gasteiger partial charge in [0.05, 0.1) is 10.6 Å². The Morgan fingerprint density at radius 1 is 1.58 bits per heavy atom. The van der Waals surface area contributed by atoms with E-state index >= 15 is 0 Å². The summed E-state index contributed by atoms with van der Waals surface area (Å²) in [4.78, 5) is 3.52. The molecule has 1 N–H and O–H groups in total. The highest BCUT2D eigenvalue weighted by Gasteiger charge is 2.19. The molecule has 0 bridgehead atoms. The van der Waals surface area contributed by atoms with E-state index in [4.69, 9.17) is 16.7 Å². The molecular weight excluding hydrogens is 255 g/mol. The monoisotopic (exact) mass is 257 g/mol. The van der Waals surface area contributed by atoms with Crippen molar-refractivity contribution in [1.82, 2.24) is 4.98 Å². The largest absolute Gasteiger partial charge is 0.505 e. The normalized spacial score (nSPS) is 10.8. The SMILES string of the molecule is Oc1c(Br)ncc(Cl)c1C(F)F. The van der Waals surface area contributed by atoms with Crippen molar-refractivity contribution in [2.24, 2.45) is 0 Å². The van der Waals surface area contributed by atoms with Gasteiger partial charge in [-0.1, -0.05) is 11.6 Å². The molecule has 0 aromatic carbocycles. The molecule has 12 heavy (non-hydrogen) atoms. The van der Waals surface area contributed by atoms with E-state index in [0.717, 1.165) is 6.20 Å². The summed E-state index contributed by atoms with van der Waals surface area (Å²) in [6.45, 7) is 0. The third kappa shape index (κ3) is 1.67. The van der Waals surface area contributed by atoms with Crippen LogP contribution in [-0.2, 0) is 0 Å². The van der Waals surface area contributed by atoms with E-state index in [0.29, 0.717) is 0 Å². The fraction of sp³-hybridized carbons (Fsp3) is 0.167. The van der Waals surface area contributed by atoms with Gasteiger partial charge in [-0.25, -0.2) is 13.8 Å². The maximum Gasteiger partial charge on any atom is 0.269 e. The van der Waals surface area contributed by atoms with Gasteiger partial charge in [0.25, 0.3) is 6.43 Å². The maximum absolute atomic E-state index is 12.2.